The molecule has 1 aromatic heterocycles. The molecular formula is C11H16N4O2. The van der Waals surface area contributed by atoms with E-state index in [2.05, 4.69) is 22.2 Å². The van der Waals surface area contributed by atoms with Crippen molar-refractivity contribution in [3.05, 3.63) is 22.5 Å². The molecule has 6 nitrogen and oxygen atoms in total. The SMILES string of the molecule is CC1CCC(CNc2ncc([N+](=O)[O-])cn2)C1. The first-order valence-electron chi connectivity index (χ1n) is 5.85. The van der Waals surface area contributed by atoms with Crippen molar-refractivity contribution in [1.29, 1.82) is 0 Å². The molecule has 0 saturated heterocycles. The summed E-state index contributed by atoms with van der Waals surface area (Å²) in [4.78, 5) is 17.8. The third kappa shape index (κ3) is 3.12. The molecule has 2 atom stereocenters. The Hall–Kier alpha value is -1.72. The van der Waals surface area contributed by atoms with Gasteiger partial charge in [0.15, 0.2) is 0 Å². The van der Waals surface area contributed by atoms with E-state index in [0.717, 1.165) is 12.5 Å². The van der Waals surface area contributed by atoms with E-state index in [0.29, 0.717) is 11.9 Å². The maximum absolute atomic E-state index is 10.4. The third-order valence-corrected chi connectivity index (χ3v) is 3.20. The highest BCUT2D eigenvalue weighted by Crippen LogP contribution is 2.30. The topological polar surface area (TPSA) is 81.0 Å². The molecule has 0 radical (unpaired) electrons. The van der Waals surface area contributed by atoms with Gasteiger partial charge in [-0.1, -0.05) is 13.3 Å². The number of hydrogen-bond donors (Lipinski definition) is 1. The highest BCUT2D eigenvalue weighted by molar-refractivity contribution is 5.30. The maximum atomic E-state index is 10.4. The lowest BCUT2D eigenvalue weighted by Crippen LogP contribution is -2.13. The van der Waals surface area contributed by atoms with E-state index in [1.165, 1.54) is 31.7 Å². The van der Waals surface area contributed by atoms with Crippen molar-refractivity contribution < 1.29 is 4.92 Å². The Morgan fingerprint density at radius 3 is 2.71 bits per heavy atom. The van der Waals surface area contributed by atoms with Crippen molar-refractivity contribution in [1.82, 2.24) is 9.97 Å². The van der Waals surface area contributed by atoms with Gasteiger partial charge in [-0.2, -0.15) is 0 Å². The standard InChI is InChI=1S/C11H16N4O2/c1-8-2-3-9(4-8)5-12-11-13-6-10(7-14-11)15(16)17/h6-9H,2-5H2,1H3,(H,12,13,14). The van der Waals surface area contributed by atoms with Crippen molar-refractivity contribution in [2.24, 2.45) is 11.8 Å². The largest absolute Gasteiger partial charge is 0.354 e. The molecule has 92 valence electrons. The molecule has 17 heavy (non-hydrogen) atoms. The van der Waals surface area contributed by atoms with Crippen LogP contribution in [0.3, 0.4) is 0 Å². The van der Waals surface area contributed by atoms with Gasteiger partial charge in [0.05, 0.1) is 4.92 Å². The molecule has 0 amide bonds. The zero-order valence-electron chi connectivity index (χ0n) is 9.80. The molecule has 1 aromatic rings. The van der Waals surface area contributed by atoms with E-state index in [4.69, 9.17) is 0 Å². The Labute approximate surface area is 99.6 Å². The highest BCUT2D eigenvalue weighted by Gasteiger charge is 2.21. The van der Waals surface area contributed by atoms with Crippen LogP contribution in [-0.4, -0.2) is 21.4 Å². The minimum Gasteiger partial charge on any atom is -0.354 e. The van der Waals surface area contributed by atoms with Gasteiger partial charge in [0.1, 0.15) is 12.4 Å². The second-order valence-electron chi connectivity index (χ2n) is 4.69. The number of rotatable bonds is 4. The predicted octanol–water partition coefficient (Wildman–Crippen LogP) is 2.23. The second kappa shape index (κ2) is 5.07. The van der Waals surface area contributed by atoms with Crippen LogP contribution in [0.25, 0.3) is 0 Å². The first-order valence-corrected chi connectivity index (χ1v) is 5.85. The van der Waals surface area contributed by atoms with E-state index < -0.39 is 4.92 Å². The average Bonchev–Trinajstić information content (AvgIpc) is 2.73. The van der Waals surface area contributed by atoms with Gasteiger partial charge in [0.2, 0.25) is 5.95 Å². The summed E-state index contributed by atoms with van der Waals surface area (Å²) < 4.78 is 0. The van der Waals surface area contributed by atoms with Gasteiger partial charge in [-0.05, 0) is 24.7 Å². The quantitative estimate of drug-likeness (QED) is 0.640. The smallest absolute Gasteiger partial charge is 0.305 e. The second-order valence-corrected chi connectivity index (χ2v) is 4.69. The molecule has 2 unspecified atom stereocenters. The zero-order valence-corrected chi connectivity index (χ0v) is 9.80. The Balaban J connectivity index is 1.85. The molecule has 0 bridgehead atoms. The van der Waals surface area contributed by atoms with Crippen molar-refractivity contribution >= 4 is 11.6 Å². The third-order valence-electron chi connectivity index (χ3n) is 3.20. The van der Waals surface area contributed by atoms with Crippen molar-refractivity contribution in [3.63, 3.8) is 0 Å². The fourth-order valence-electron chi connectivity index (χ4n) is 2.25. The fourth-order valence-corrected chi connectivity index (χ4v) is 2.25. The van der Waals surface area contributed by atoms with Crippen LogP contribution in [0.15, 0.2) is 12.4 Å². The lowest BCUT2D eigenvalue weighted by molar-refractivity contribution is -0.385. The maximum Gasteiger partial charge on any atom is 0.305 e. The van der Waals surface area contributed by atoms with Crippen LogP contribution < -0.4 is 5.32 Å². The van der Waals surface area contributed by atoms with Crippen LogP contribution in [0.5, 0.6) is 0 Å². The molecule has 0 aromatic carbocycles. The Bertz CT molecular complexity index is 393. The summed E-state index contributed by atoms with van der Waals surface area (Å²) in [5.74, 6) is 1.94. The number of hydrogen-bond acceptors (Lipinski definition) is 5. The van der Waals surface area contributed by atoms with Gasteiger partial charge >= 0.3 is 5.69 Å². The first-order chi connectivity index (χ1) is 8.15. The molecular weight excluding hydrogens is 220 g/mol. The number of anilines is 1. The molecule has 0 aliphatic heterocycles. The summed E-state index contributed by atoms with van der Waals surface area (Å²) in [6.45, 7) is 3.12. The molecule has 2 rings (SSSR count). The Morgan fingerprint density at radius 1 is 1.47 bits per heavy atom. The Kier molecular flexibility index (Phi) is 3.51. The Morgan fingerprint density at radius 2 is 2.18 bits per heavy atom. The monoisotopic (exact) mass is 236 g/mol. The van der Waals surface area contributed by atoms with Crippen LogP contribution in [0.1, 0.15) is 26.2 Å². The van der Waals surface area contributed by atoms with E-state index in [-0.39, 0.29) is 5.69 Å². The molecule has 1 heterocycles. The summed E-state index contributed by atoms with van der Waals surface area (Å²) in [6.07, 6.45) is 6.22. The van der Waals surface area contributed by atoms with Gasteiger partial charge in [0.25, 0.3) is 0 Å². The van der Waals surface area contributed by atoms with Crippen molar-refractivity contribution in [2.75, 3.05) is 11.9 Å². The summed E-state index contributed by atoms with van der Waals surface area (Å²) in [5.41, 5.74) is -0.0787. The van der Waals surface area contributed by atoms with Gasteiger partial charge in [-0.3, -0.25) is 10.1 Å². The van der Waals surface area contributed by atoms with Crippen LogP contribution >= 0.6 is 0 Å². The van der Waals surface area contributed by atoms with Gasteiger partial charge in [-0.15, -0.1) is 0 Å². The summed E-state index contributed by atoms with van der Waals surface area (Å²) in [5, 5.41) is 13.5. The highest BCUT2D eigenvalue weighted by atomic mass is 16.6. The van der Waals surface area contributed by atoms with Crippen LogP contribution in [-0.2, 0) is 0 Å². The molecule has 1 aliphatic rings. The van der Waals surface area contributed by atoms with Gasteiger partial charge in [0, 0.05) is 6.54 Å². The number of nitro groups is 1. The minimum absolute atomic E-state index is 0.0787. The van der Waals surface area contributed by atoms with Crippen LogP contribution in [0.2, 0.25) is 0 Å². The van der Waals surface area contributed by atoms with E-state index in [9.17, 15) is 10.1 Å². The van der Waals surface area contributed by atoms with Gasteiger partial charge in [-0.25, -0.2) is 9.97 Å². The number of nitrogens with one attached hydrogen (secondary N) is 1. The number of aromatic nitrogens is 2. The van der Waals surface area contributed by atoms with E-state index in [1.54, 1.807) is 0 Å². The molecule has 6 heteroatoms. The van der Waals surface area contributed by atoms with Crippen LogP contribution in [0, 0.1) is 22.0 Å². The summed E-state index contributed by atoms with van der Waals surface area (Å²) in [7, 11) is 0. The predicted molar refractivity (Wildman–Crippen MR) is 63.7 cm³/mol. The molecule has 0 spiro atoms. The molecule has 1 aliphatic carbocycles. The summed E-state index contributed by atoms with van der Waals surface area (Å²) >= 11 is 0. The van der Waals surface area contributed by atoms with Crippen molar-refractivity contribution in [2.45, 2.75) is 26.2 Å². The average molecular weight is 236 g/mol. The summed E-state index contributed by atoms with van der Waals surface area (Å²) in [6, 6.07) is 0. The van der Waals surface area contributed by atoms with Crippen LogP contribution in [0.4, 0.5) is 11.6 Å². The molecule has 1 N–H and O–H groups in total. The lowest BCUT2D eigenvalue weighted by Gasteiger charge is -2.10. The fraction of sp³-hybridized carbons (Fsp3) is 0.636. The van der Waals surface area contributed by atoms with E-state index in [1.807, 2.05) is 0 Å². The van der Waals surface area contributed by atoms with Gasteiger partial charge < -0.3 is 5.32 Å². The molecule has 1 fully saturated rings. The lowest BCUT2D eigenvalue weighted by atomic mass is 10.1. The zero-order chi connectivity index (χ0) is 12.3. The van der Waals surface area contributed by atoms with Crippen molar-refractivity contribution in [3.8, 4) is 0 Å². The van der Waals surface area contributed by atoms with E-state index >= 15 is 0 Å². The minimum atomic E-state index is -0.498. The number of nitrogens with zero attached hydrogens (tertiary/aromatic N) is 3. The normalized spacial score (nSPS) is 23.6. The first kappa shape index (κ1) is 11.8. The molecule has 1 saturated carbocycles.